The number of nitrogens with one attached hydrogen (secondary N) is 1. The Morgan fingerprint density at radius 1 is 1.07 bits per heavy atom. The number of benzene rings is 2. The first kappa shape index (κ1) is 30.1. The number of hydrogen-bond acceptors (Lipinski definition) is 9. The minimum atomic E-state index is -3.71. The molecular weight excluding hydrogens is 585 g/mol. The SMILES string of the molecule is COc1cc(N2CCC(N3CCOCC3)CC2)ccc1Nc1ncc2ccc(-c3ccccc3N(CCF)S(C)(=O)=O)n2n1. The molecule has 2 saturated heterocycles. The Hall–Kier alpha value is -3.94. The van der Waals surface area contributed by atoms with Gasteiger partial charge in [0.2, 0.25) is 16.0 Å². The molecule has 0 atom stereocenters. The van der Waals surface area contributed by atoms with Crippen molar-refractivity contribution >= 4 is 38.6 Å². The molecule has 4 heterocycles. The number of alkyl halides is 1. The smallest absolute Gasteiger partial charge is 0.245 e. The average Bonchev–Trinajstić information content (AvgIpc) is 3.47. The molecule has 2 aromatic heterocycles. The highest BCUT2D eigenvalue weighted by atomic mass is 32.2. The fraction of sp³-hybridized carbons (Fsp3) is 0.419. The van der Waals surface area contributed by atoms with Gasteiger partial charge in [0.25, 0.3) is 0 Å². The summed E-state index contributed by atoms with van der Waals surface area (Å²) in [4.78, 5) is 9.46. The van der Waals surface area contributed by atoms with Gasteiger partial charge in [0.15, 0.2) is 0 Å². The molecule has 6 rings (SSSR count). The monoisotopic (exact) mass is 623 g/mol. The summed E-state index contributed by atoms with van der Waals surface area (Å²) in [5, 5.41) is 8.01. The van der Waals surface area contributed by atoms with Crippen LogP contribution in [0.5, 0.6) is 5.75 Å². The summed E-state index contributed by atoms with van der Waals surface area (Å²) in [7, 11) is -2.06. The summed E-state index contributed by atoms with van der Waals surface area (Å²) in [5.41, 5.74) is 4.19. The predicted molar refractivity (Wildman–Crippen MR) is 170 cm³/mol. The van der Waals surface area contributed by atoms with E-state index < -0.39 is 16.7 Å². The zero-order valence-electron chi connectivity index (χ0n) is 25.0. The van der Waals surface area contributed by atoms with Crippen LogP contribution in [0.3, 0.4) is 0 Å². The maximum atomic E-state index is 13.4. The Labute approximate surface area is 257 Å². The Bertz CT molecular complexity index is 1700. The molecule has 2 aromatic carbocycles. The number of nitrogens with zero attached hydrogens (tertiary/aromatic N) is 6. The number of rotatable bonds is 10. The highest BCUT2D eigenvalue weighted by Crippen LogP contribution is 2.35. The zero-order chi connectivity index (χ0) is 30.7. The molecule has 44 heavy (non-hydrogen) atoms. The topological polar surface area (TPSA) is 105 Å². The lowest BCUT2D eigenvalue weighted by Crippen LogP contribution is -2.49. The molecule has 1 N–H and O–H groups in total. The first-order valence-corrected chi connectivity index (χ1v) is 16.7. The largest absolute Gasteiger partial charge is 0.494 e. The van der Waals surface area contributed by atoms with Crippen LogP contribution in [0.4, 0.5) is 27.4 Å². The number of morpholine rings is 1. The maximum Gasteiger partial charge on any atom is 0.245 e. The van der Waals surface area contributed by atoms with Gasteiger partial charge in [0.05, 0.1) is 61.9 Å². The van der Waals surface area contributed by atoms with Crippen LogP contribution in [-0.2, 0) is 14.8 Å². The van der Waals surface area contributed by atoms with Gasteiger partial charge in [-0.3, -0.25) is 9.21 Å². The van der Waals surface area contributed by atoms with Crippen LogP contribution in [-0.4, -0.2) is 99.9 Å². The van der Waals surface area contributed by atoms with Gasteiger partial charge in [-0.05, 0) is 43.2 Å². The van der Waals surface area contributed by atoms with Crippen LogP contribution in [0.25, 0.3) is 16.8 Å². The van der Waals surface area contributed by atoms with Crippen molar-refractivity contribution in [3.8, 4) is 17.0 Å². The van der Waals surface area contributed by atoms with E-state index in [9.17, 15) is 12.8 Å². The lowest BCUT2D eigenvalue weighted by molar-refractivity contribution is 0.0115. The van der Waals surface area contributed by atoms with Crippen molar-refractivity contribution in [3.05, 3.63) is 60.8 Å². The Morgan fingerprint density at radius 3 is 2.57 bits per heavy atom. The van der Waals surface area contributed by atoms with Crippen LogP contribution < -0.4 is 19.3 Å². The third kappa shape index (κ3) is 6.30. The number of halogens is 1. The highest BCUT2D eigenvalue weighted by molar-refractivity contribution is 7.92. The molecule has 2 aliphatic heterocycles. The quantitative estimate of drug-likeness (QED) is 0.279. The van der Waals surface area contributed by atoms with Gasteiger partial charge >= 0.3 is 0 Å². The second-order valence-corrected chi connectivity index (χ2v) is 13.0. The number of piperidine rings is 1. The van der Waals surface area contributed by atoms with Crippen molar-refractivity contribution in [1.29, 1.82) is 0 Å². The molecule has 0 amide bonds. The summed E-state index contributed by atoms with van der Waals surface area (Å²) in [5.74, 6) is 1.02. The molecule has 2 fully saturated rings. The summed E-state index contributed by atoms with van der Waals surface area (Å²) >= 11 is 0. The van der Waals surface area contributed by atoms with Crippen LogP contribution in [0, 0.1) is 0 Å². The number of para-hydroxylation sites is 1. The van der Waals surface area contributed by atoms with E-state index in [4.69, 9.17) is 14.6 Å². The van der Waals surface area contributed by atoms with Gasteiger partial charge in [0, 0.05) is 49.5 Å². The molecule has 11 nitrogen and oxygen atoms in total. The van der Waals surface area contributed by atoms with Crippen molar-refractivity contribution in [1.82, 2.24) is 19.5 Å². The van der Waals surface area contributed by atoms with Gasteiger partial charge in [-0.15, -0.1) is 5.10 Å². The third-order valence-electron chi connectivity index (χ3n) is 8.36. The van der Waals surface area contributed by atoms with E-state index in [1.807, 2.05) is 30.3 Å². The molecule has 0 aliphatic carbocycles. The lowest BCUT2D eigenvalue weighted by atomic mass is 10.0. The molecule has 0 bridgehead atoms. The maximum absolute atomic E-state index is 13.4. The van der Waals surface area contributed by atoms with Crippen molar-refractivity contribution in [2.24, 2.45) is 0 Å². The molecule has 0 radical (unpaired) electrons. The second-order valence-electron chi connectivity index (χ2n) is 11.1. The Morgan fingerprint density at radius 2 is 1.84 bits per heavy atom. The summed E-state index contributed by atoms with van der Waals surface area (Å²) in [6.07, 6.45) is 5.01. The minimum Gasteiger partial charge on any atom is -0.494 e. The van der Waals surface area contributed by atoms with E-state index in [-0.39, 0.29) is 6.54 Å². The van der Waals surface area contributed by atoms with Crippen molar-refractivity contribution < 1.29 is 22.3 Å². The molecular formula is C31H38FN7O4S. The van der Waals surface area contributed by atoms with Gasteiger partial charge in [-0.25, -0.2) is 22.3 Å². The van der Waals surface area contributed by atoms with E-state index in [1.165, 1.54) is 0 Å². The first-order valence-electron chi connectivity index (χ1n) is 14.9. The van der Waals surface area contributed by atoms with E-state index >= 15 is 0 Å². The normalized spacial score (nSPS) is 16.8. The Balaban J connectivity index is 1.23. The van der Waals surface area contributed by atoms with Gasteiger partial charge < -0.3 is 19.7 Å². The number of fused-ring (bicyclic) bond motifs is 1. The van der Waals surface area contributed by atoms with Crippen LogP contribution in [0.1, 0.15) is 12.8 Å². The van der Waals surface area contributed by atoms with Crippen molar-refractivity contribution in [2.45, 2.75) is 18.9 Å². The Kier molecular flexibility index (Phi) is 8.87. The molecule has 234 valence electrons. The van der Waals surface area contributed by atoms with Gasteiger partial charge in [-0.2, -0.15) is 0 Å². The van der Waals surface area contributed by atoms with E-state index in [1.54, 1.807) is 36.0 Å². The molecule has 0 saturated carbocycles. The van der Waals surface area contributed by atoms with Gasteiger partial charge in [0.1, 0.15) is 12.4 Å². The average molecular weight is 624 g/mol. The zero-order valence-corrected chi connectivity index (χ0v) is 25.8. The molecule has 4 aromatic rings. The molecule has 0 spiro atoms. The molecule has 0 unspecified atom stereocenters. The fourth-order valence-corrected chi connectivity index (χ4v) is 7.06. The molecule has 2 aliphatic rings. The second kappa shape index (κ2) is 13.0. The van der Waals surface area contributed by atoms with E-state index in [2.05, 4.69) is 26.2 Å². The fourth-order valence-electron chi connectivity index (χ4n) is 6.14. The summed E-state index contributed by atoms with van der Waals surface area (Å²) in [6, 6.07) is 17.4. The number of ether oxygens (including phenoxy) is 2. The van der Waals surface area contributed by atoms with E-state index in [0.29, 0.717) is 34.7 Å². The van der Waals surface area contributed by atoms with Crippen LogP contribution >= 0.6 is 0 Å². The standard InChI is InChI=1S/C31H38FN7O4S/c1-42-30-21-24(36-14-11-23(12-15-36)37-17-19-43-20-18-37)7-9-27(30)34-31-33-22-25-8-10-29(39(25)35-31)26-5-3-4-6-28(26)38(16-13-32)44(2,40)41/h3-10,21-23H,11-20H2,1-2H3,(H,34,35). The van der Waals surface area contributed by atoms with Crippen LogP contribution in [0.15, 0.2) is 60.8 Å². The first-order chi connectivity index (χ1) is 21.4. The summed E-state index contributed by atoms with van der Waals surface area (Å²) < 4.78 is 52.5. The summed E-state index contributed by atoms with van der Waals surface area (Å²) in [6.45, 7) is 4.56. The van der Waals surface area contributed by atoms with Crippen molar-refractivity contribution in [3.63, 3.8) is 0 Å². The number of sulfonamides is 1. The number of methoxy groups -OCH3 is 1. The minimum absolute atomic E-state index is 0.275. The van der Waals surface area contributed by atoms with E-state index in [0.717, 1.165) is 79.7 Å². The highest BCUT2D eigenvalue weighted by Gasteiger charge is 2.27. The van der Waals surface area contributed by atoms with Crippen molar-refractivity contribution in [2.75, 3.05) is 80.5 Å². The lowest BCUT2D eigenvalue weighted by Gasteiger charge is -2.40. The number of aromatic nitrogens is 3. The molecule has 13 heteroatoms. The number of hydrogen-bond donors (Lipinski definition) is 1. The third-order valence-corrected chi connectivity index (χ3v) is 9.54. The number of anilines is 4. The predicted octanol–water partition coefficient (Wildman–Crippen LogP) is 4.19. The van der Waals surface area contributed by atoms with Gasteiger partial charge in [-0.1, -0.05) is 18.2 Å². The van der Waals surface area contributed by atoms with Crippen LogP contribution in [0.2, 0.25) is 0 Å².